The highest BCUT2D eigenvalue weighted by molar-refractivity contribution is 5.82. The highest BCUT2D eigenvalue weighted by Gasteiger charge is 2.42. The van der Waals surface area contributed by atoms with Crippen molar-refractivity contribution in [3.8, 4) is 35.3 Å². The third-order valence-corrected chi connectivity index (χ3v) is 10.9. The van der Waals surface area contributed by atoms with Crippen molar-refractivity contribution >= 4 is 0 Å². The fourth-order valence-electron chi connectivity index (χ4n) is 7.97. The molecule has 0 fully saturated rings. The van der Waals surface area contributed by atoms with Crippen LogP contribution in [0.1, 0.15) is 183 Å². The molecule has 3 aromatic rings. The molecule has 0 N–H and O–H groups in total. The molecule has 0 radical (unpaired) electrons. The summed E-state index contributed by atoms with van der Waals surface area (Å²) in [6, 6.07) is 12.4. The molecule has 0 saturated heterocycles. The highest BCUT2D eigenvalue weighted by Crippen LogP contribution is 2.54. The lowest BCUT2D eigenvalue weighted by molar-refractivity contribution is 0.396. The van der Waals surface area contributed by atoms with Gasteiger partial charge in [-0.1, -0.05) is 172 Å². The molecular weight excluding hydrogens is 641 g/mol. The van der Waals surface area contributed by atoms with Gasteiger partial charge in [0.2, 0.25) is 0 Å². The van der Waals surface area contributed by atoms with Crippen molar-refractivity contribution in [2.24, 2.45) is 0 Å². The normalized spacial score (nSPS) is 12.6. The standard InChI is InChI=1S/C47H58F4/c1-4-7-9-11-13-15-17-19-21-23-31-47(32-24-22-20-18-16-14-12-10-8-5-2)41-33-36(6-3)25-28-38(41)39-29-26-37(34-42(39)47)27-30-40-45(50)43(48)35-44(49)46(40)51/h3,25-26,28-29,33-35H,4-5,7-24,31-32H2,1-2H3. The highest BCUT2D eigenvalue weighted by atomic mass is 19.2. The van der Waals surface area contributed by atoms with Crippen molar-refractivity contribution in [2.75, 3.05) is 0 Å². The third kappa shape index (κ3) is 11.0. The molecule has 4 rings (SSSR count). The Morgan fingerprint density at radius 2 is 0.882 bits per heavy atom. The summed E-state index contributed by atoms with van der Waals surface area (Å²) in [6.45, 7) is 4.51. The van der Waals surface area contributed by atoms with Crippen LogP contribution in [0.5, 0.6) is 0 Å². The number of halogens is 4. The summed E-state index contributed by atoms with van der Waals surface area (Å²) < 4.78 is 56.8. The molecule has 3 aromatic carbocycles. The van der Waals surface area contributed by atoms with Gasteiger partial charge < -0.3 is 0 Å². The predicted octanol–water partition coefficient (Wildman–Crippen LogP) is 14.5. The molecule has 0 bridgehead atoms. The van der Waals surface area contributed by atoms with E-state index in [2.05, 4.69) is 43.7 Å². The maximum Gasteiger partial charge on any atom is 0.177 e. The zero-order chi connectivity index (χ0) is 36.5. The largest absolute Gasteiger partial charge is 0.204 e. The maximum absolute atomic E-state index is 14.5. The SMILES string of the molecule is C#Cc1ccc2c(c1)C(CCCCCCCCCCCC)(CCCCCCCCCCCC)c1cc(C#Cc3c(F)c(F)cc(F)c3F)ccc1-2. The van der Waals surface area contributed by atoms with Crippen LogP contribution in [0.3, 0.4) is 0 Å². The van der Waals surface area contributed by atoms with Crippen molar-refractivity contribution in [2.45, 2.75) is 161 Å². The monoisotopic (exact) mass is 698 g/mol. The van der Waals surface area contributed by atoms with Crippen LogP contribution in [-0.4, -0.2) is 0 Å². The van der Waals surface area contributed by atoms with Crippen molar-refractivity contribution in [1.29, 1.82) is 0 Å². The van der Waals surface area contributed by atoms with E-state index in [1.807, 2.05) is 24.3 Å². The quantitative estimate of drug-likeness (QED) is 0.0424. The minimum Gasteiger partial charge on any atom is -0.204 e. The Morgan fingerprint density at radius 3 is 1.31 bits per heavy atom. The third-order valence-electron chi connectivity index (χ3n) is 10.9. The first-order valence-electron chi connectivity index (χ1n) is 20.0. The van der Waals surface area contributed by atoms with Gasteiger partial charge in [0.15, 0.2) is 23.3 Å². The van der Waals surface area contributed by atoms with Gasteiger partial charge in [-0.2, -0.15) is 0 Å². The zero-order valence-electron chi connectivity index (χ0n) is 31.2. The Balaban J connectivity index is 1.58. The Morgan fingerprint density at radius 1 is 0.490 bits per heavy atom. The van der Waals surface area contributed by atoms with Gasteiger partial charge in [-0.25, -0.2) is 17.6 Å². The van der Waals surface area contributed by atoms with Crippen LogP contribution in [-0.2, 0) is 5.41 Å². The molecule has 0 aromatic heterocycles. The first-order valence-corrected chi connectivity index (χ1v) is 20.0. The van der Waals surface area contributed by atoms with E-state index in [4.69, 9.17) is 6.42 Å². The maximum atomic E-state index is 14.5. The van der Waals surface area contributed by atoms with Crippen LogP contribution < -0.4 is 0 Å². The predicted molar refractivity (Wildman–Crippen MR) is 206 cm³/mol. The number of terminal acetylenes is 1. The second-order valence-electron chi connectivity index (χ2n) is 14.7. The van der Waals surface area contributed by atoms with Gasteiger partial charge >= 0.3 is 0 Å². The van der Waals surface area contributed by atoms with E-state index in [-0.39, 0.29) is 11.5 Å². The summed E-state index contributed by atoms with van der Waals surface area (Å²) in [5.41, 5.74) is 4.98. The first-order chi connectivity index (χ1) is 24.9. The Bertz CT molecular complexity index is 1600. The van der Waals surface area contributed by atoms with Crippen molar-refractivity contribution in [3.05, 3.63) is 93.6 Å². The van der Waals surface area contributed by atoms with Crippen LogP contribution >= 0.6 is 0 Å². The minimum absolute atomic E-state index is 0.211. The molecule has 0 unspecified atom stereocenters. The minimum atomic E-state index is -1.48. The van der Waals surface area contributed by atoms with Crippen molar-refractivity contribution in [1.82, 2.24) is 0 Å². The molecule has 0 nitrogen and oxygen atoms in total. The van der Waals surface area contributed by atoms with Gasteiger partial charge in [0.05, 0.1) is 0 Å². The molecular formula is C47H58F4. The summed E-state index contributed by atoms with van der Waals surface area (Å²) in [6.07, 6.45) is 33.1. The Hall–Kier alpha value is -3.50. The molecule has 0 atom stereocenters. The molecule has 0 amide bonds. The number of fused-ring (bicyclic) bond motifs is 3. The molecule has 0 heterocycles. The van der Waals surface area contributed by atoms with Crippen LogP contribution in [0.4, 0.5) is 17.6 Å². The Labute approximate surface area is 306 Å². The number of benzene rings is 3. The van der Waals surface area contributed by atoms with Crippen molar-refractivity contribution < 1.29 is 17.6 Å². The molecule has 0 saturated carbocycles. The fourth-order valence-corrected chi connectivity index (χ4v) is 7.97. The molecule has 51 heavy (non-hydrogen) atoms. The van der Waals surface area contributed by atoms with E-state index in [9.17, 15) is 17.6 Å². The summed E-state index contributed by atoms with van der Waals surface area (Å²) in [7, 11) is 0. The molecule has 1 aliphatic carbocycles. The summed E-state index contributed by atoms with van der Waals surface area (Å²) in [5.74, 6) is 2.22. The van der Waals surface area contributed by atoms with Gasteiger partial charge in [-0.05, 0) is 59.4 Å². The molecule has 4 heteroatoms. The average Bonchev–Trinajstić information content (AvgIpc) is 3.40. The molecule has 274 valence electrons. The second kappa shape index (κ2) is 21.1. The Kier molecular flexibility index (Phi) is 16.7. The van der Waals surface area contributed by atoms with Gasteiger partial charge in [-0.15, -0.1) is 6.42 Å². The van der Waals surface area contributed by atoms with Gasteiger partial charge in [0.25, 0.3) is 0 Å². The lowest BCUT2D eigenvalue weighted by atomic mass is 9.70. The van der Waals surface area contributed by atoms with E-state index in [0.717, 1.165) is 55.2 Å². The van der Waals surface area contributed by atoms with Gasteiger partial charge in [-0.3, -0.25) is 0 Å². The number of hydrogen-bond acceptors (Lipinski definition) is 0. The second-order valence-corrected chi connectivity index (χ2v) is 14.7. The first kappa shape index (κ1) is 40.3. The van der Waals surface area contributed by atoms with Crippen LogP contribution in [0, 0.1) is 47.5 Å². The lowest BCUT2D eigenvalue weighted by Gasteiger charge is -2.33. The zero-order valence-corrected chi connectivity index (χ0v) is 31.2. The van der Waals surface area contributed by atoms with E-state index >= 15 is 0 Å². The molecule has 0 spiro atoms. The van der Waals surface area contributed by atoms with Gasteiger partial charge in [0, 0.05) is 22.6 Å². The number of rotatable bonds is 22. The van der Waals surface area contributed by atoms with E-state index < -0.39 is 28.8 Å². The number of unbranched alkanes of at least 4 members (excludes halogenated alkanes) is 18. The summed E-state index contributed by atoms with van der Waals surface area (Å²) >= 11 is 0. The van der Waals surface area contributed by atoms with E-state index in [1.54, 1.807) is 0 Å². The summed E-state index contributed by atoms with van der Waals surface area (Å²) in [5, 5.41) is 0. The van der Waals surface area contributed by atoms with E-state index in [1.165, 1.54) is 114 Å². The van der Waals surface area contributed by atoms with Crippen LogP contribution in [0.25, 0.3) is 11.1 Å². The fraction of sp³-hybridized carbons (Fsp3) is 0.532. The topological polar surface area (TPSA) is 0 Å². The lowest BCUT2D eigenvalue weighted by Crippen LogP contribution is -2.26. The smallest absolute Gasteiger partial charge is 0.177 e. The number of hydrogen-bond donors (Lipinski definition) is 0. The summed E-state index contributed by atoms with van der Waals surface area (Å²) in [4.78, 5) is 0. The molecule has 1 aliphatic rings. The van der Waals surface area contributed by atoms with Crippen LogP contribution in [0.2, 0.25) is 0 Å². The van der Waals surface area contributed by atoms with E-state index in [0.29, 0.717) is 5.56 Å². The van der Waals surface area contributed by atoms with Crippen molar-refractivity contribution in [3.63, 3.8) is 0 Å². The average molecular weight is 699 g/mol. The van der Waals surface area contributed by atoms with Gasteiger partial charge in [0.1, 0.15) is 5.56 Å². The molecule has 0 aliphatic heterocycles. The van der Waals surface area contributed by atoms with Crippen LogP contribution in [0.15, 0.2) is 42.5 Å².